The van der Waals surface area contributed by atoms with Gasteiger partial charge in [0, 0.05) is 12.4 Å². The molecule has 0 aromatic carbocycles. The summed E-state index contributed by atoms with van der Waals surface area (Å²) in [6.45, 7) is 0.768. The van der Waals surface area contributed by atoms with Crippen LogP contribution in [-0.4, -0.2) is 22.8 Å². The third-order valence-electron chi connectivity index (χ3n) is 2.30. The van der Waals surface area contributed by atoms with E-state index in [1.807, 2.05) is 5.38 Å². The van der Waals surface area contributed by atoms with E-state index in [2.05, 4.69) is 4.98 Å². The number of nitrogens with two attached hydrogens (primary N) is 1. The molecule has 0 atom stereocenters. The van der Waals surface area contributed by atoms with Crippen molar-refractivity contribution in [3.05, 3.63) is 40.2 Å². The van der Waals surface area contributed by atoms with Crippen molar-refractivity contribution < 1.29 is 9.21 Å². The average Bonchev–Trinajstić information content (AvgIpc) is 2.98. The zero-order valence-corrected chi connectivity index (χ0v) is 10.2. The second-order valence-corrected chi connectivity index (χ2v) is 4.33. The van der Waals surface area contributed by atoms with Crippen molar-refractivity contribution in [2.45, 2.75) is 13.1 Å². The molecule has 1 amide bonds. The molecule has 0 aliphatic rings. The number of hydrogen-bond acceptors (Lipinski definition) is 5. The molecular weight excluding hydrogens is 238 g/mol. The molecule has 0 saturated heterocycles. The maximum Gasteiger partial charge on any atom is 0.289 e. The van der Waals surface area contributed by atoms with E-state index < -0.39 is 0 Å². The summed E-state index contributed by atoms with van der Waals surface area (Å²) in [5.41, 5.74) is 8.04. The lowest BCUT2D eigenvalue weighted by Crippen LogP contribution is -2.25. The Balaban J connectivity index is 2.04. The largest absolute Gasteiger partial charge is 0.455 e. The Morgan fingerprint density at radius 3 is 3.00 bits per heavy atom. The molecule has 6 heteroatoms. The fourth-order valence-corrected chi connectivity index (χ4v) is 1.97. The summed E-state index contributed by atoms with van der Waals surface area (Å²) < 4.78 is 5.30. The molecule has 2 aromatic rings. The fourth-order valence-electron chi connectivity index (χ4n) is 1.42. The molecule has 0 fully saturated rings. The summed E-state index contributed by atoms with van der Waals surface area (Å²) >= 11 is 1.51. The van der Waals surface area contributed by atoms with Crippen LogP contribution in [0.5, 0.6) is 0 Å². The first kappa shape index (κ1) is 11.8. The first-order valence-corrected chi connectivity index (χ1v) is 6.06. The number of carbonyl (C=O) groups excluding carboxylic acids is 1. The summed E-state index contributed by atoms with van der Waals surface area (Å²) in [6, 6.07) is 3.35. The minimum absolute atomic E-state index is 0.169. The van der Waals surface area contributed by atoms with E-state index in [0.717, 1.165) is 5.69 Å². The highest BCUT2D eigenvalue weighted by molar-refractivity contribution is 7.07. The summed E-state index contributed by atoms with van der Waals surface area (Å²) in [7, 11) is 1.71. The van der Waals surface area contributed by atoms with Crippen molar-refractivity contribution in [2.24, 2.45) is 5.73 Å². The van der Waals surface area contributed by atoms with Crippen LogP contribution in [0.4, 0.5) is 0 Å². The van der Waals surface area contributed by atoms with Gasteiger partial charge in [-0.1, -0.05) is 0 Å². The molecule has 0 unspecified atom stereocenters. The van der Waals surface area contributed by atoms with Gasteiger partial charge < -0.3 is 15.1 Å². The number of aromatic nitrogens is 1. The Morgan fingerprint density at radius 2 is 2.41 bits per heavy atom. The minimum Gasteiger partial charge on any atom is -0.455 e. The summed E-state index contributed by atoms with van der Waals surface area (Å²) in [6.07, 6.45) is 0. The van der Waals surface area contributed by atoms with Crippen LogP contribution in [-0.2, 0) is 13.1 Å². The van der Waals surface area contributed by atoms with Gasteiger partial charge in [-0.15, -0.1) is 11.3 Å². The van der Waals surface area contributed by atoms with Crippen molar-refractivity contribution in [1.82, 2.24) is 9.88 Å². The summed E-state index contributed by atoms with van der Waals surface area (Å²) in [4.78, 5) is 17.7. The lowest BCUT2D eigenvalue weighted by molar-refractivity contribution is 0.0750. The van der Waals surface area contributed by atoms with Crippen LogP contribution in [0.25, 0.3) is 0 Å². The van der Waals surface area contributed by atoms with Crippen molar-refractivity contribution in [1.29, 1.82) is 0 Å². The van der Waals surface area contributed by atoms with E-state index >= 15 is 0 Å². The van der Waals surface area contributed by atoms with E-state index in [9.17, 15) is 4.79 Å². The van der Waals surface area contributed by atoms with E-state index in [1.54, 1.807) is 29.6 Å². The standard InChI is InChI=1S/C11H13N3O2S/c1-14(5-8-6-17-7-13-8)11(15)10-3-2-9(4-12)16-10/h2-3,6-7H,4-5,12H2,1H3. The zero-order valence-electron chi connectivity index (χ0n) is 9.42. The van der Waals surface area contributed by atoms with Gasteiger partial charge in [-0.25, -0.2) is 4.98 Å². The summed E-state index contributed by atoms with van der Waals surface area (Å²) in [5, 5.41) is 1.91. The molecule has 0 spiro atoms. The summed E-state index contributed by atoms with van der Waals surface area (Å²) in [5.74, 6) is 0.747. The Morgan fingerprint density at radius 1 is 1.59 bits per heavy atom. The van der Waals surface area contributed by atoms with Crippen LogP contribution in [0.3, 0.4) is 0 Å². The SMILES string of the molecule is CN(Cc1cscn1)C(=O)c1ccc(CN)o1. The first-order chi connectivity index (χ1) is 8.20. The number of rotatable bonds is 4. The van der Waals surface area contributed by atoms with Gasteiger partial charge >= 0.3 is 0 Å². The molecule has 17 heavy (non-hydrogen) atoms. The molecule has 2 N–H and O–H groups in total. The van der Waals surface area contributed by atoms with Gasteiger partial charge in [-0.2, -0.15) is 0 Å². The van der Waals surface area contributed by atoms with Crippen LogP contribution < -0.4 is 5.73 Å². The van der Waals surface area contributed by atoms with Gasteiger partial charge in [0.15, 0.2) is 5.76 Å². The van der Waals surface area contributed by atoms with Gasteiger partial charge in [0.2, 0.25) is 0 Å². The highest BCUT2D eigenvalue weighted by atomic mass is 32.1. The van der Waals surface area contributed by atoms with E-state index in [4.69, 9.17) is 10.2 Å². The molecule has 0 saturated carbocycles. The highest BCUT2D eigenvalue weighted by Gasteiger charge is 2.16. The van der Waals surface area contributed by atoms with Crippen LogP contribution in [0.2, 0.25) is 0 Å². The molecule has 90 valence electrons. The van der Waals surface area contributed by atoms with Gasteiger partial charge in [-0.3, -0.25) is 4.79 Å². The zero-order chi connectivity index (χ0) is 12.3. The number of hydrogen-bond donors (Lipinski definition) is 1. The Bertz CT molecular complexity index is 493. The van der Waals surface area contributed by atoms with Crippen molar-refractivity contribution in [2.75, 3.05) is 7.05 Å². The van der Waals surface area contributed by atoms with Crippen LogP contribution in [0.1, 0.15) is 22.0 Å². The second kappa shape index (κ2) is 5.11. The maximum absolute atomic E-state index is 12.0. The third-order valence-corrected chi connectivity index (χ3v) is 2.94. The molecule has 0 radical (unpaired) electrons. The van der Waals surface area contributed by atoms with E-state index in [0.29, 0.717) is 24.6 Å². The van der Waals surface area contributed by atoms with E-state index in [1.165, 1.54) is 11.3 Å². The molecule has 2 rings (SSSR count). The minimum atomic E-state index is -0.169. The van der Waals surface area contributed by atoms with Crippen molar-refractivity contribution in [3.8, 4) is 0 Å². The lowest BCUT2D eigenvalue weighted by Gasteiger charge is -2.13. The normalized spacial score (nSPS) is 10.5. The van der Waals surface area contributed by atoms with Gasteiger partial charge in [-0.05, 0) is 12.1 Å². The predicted octanol–water partition coefficient (Wildman–Crippen LogP) is 1.47. The van der Waals surface area contributed by atoms with Gasteiger partial charge in [0.05, 0.1) is 24.3 Å². The number of furan rings is 1. The van der Waals surface area contributed by atoms with Crippen LogP contribution >= 0.6 is 11.3 Å². The number of carbonyl (C=O) groups is 1. The molecule has 0 aliphatic heterocycles. The number of amides is 1. The van der Waals surface area contributed by atoms with Crippen LogP contribution in [0.15, 0.2) is 27.4 Å². The number of nitrogens with zero attached hydrogens (tertiary/aromatic N) is 2. The molecule has 0 bridgehead atoms. The molecule has 2 aromatic heterocycles. The lowest BCUT2D eigenvalue weighted by atomic mass is 10.3. The fraction of sp³-hybridized carbons (Fsp3) is 0.273. The average molecular weight is 251 g/mol. The molecule has 0 aliphatic carbocycles. The Labute approximate surface area is 103 Å². The van der Waals surface area contributed by atoms with Gasteiger partial charge in [0.1, 0.15) is 5.76 Å². The van der Waals surface area contributed by atoms with E-state index in [-0.39, 0.29) is 5.91 Å². The smallest absolute Gasteiger partial charge is 0.289 e. The van der Waals surface area contributed by atoms with Crippen molar-refractivity contribution >= 4 is 17.2 Å². The molecule has 5 nitrogen and oxygen atoms in total. The second-order valence-electron chi connectivity index (χ2n) is 3.61. The highest BCUT2D eigenvalue weighted by Crippen LogP contribution is 2.11. The topological polar surface area (TPSA) is 72.4 Å². The molecular formula is C11H13N3O2S. The quantitative estimate of drug-likeness (QED) is 0.893. The van der Waals surface area contributed by atoms with Crippen LogP contribution in [0, 0.1) is 0 Å². The molecule has 2 heterocycles. The maximum atomic E-state index is 12.0. The monoisotopic (exact) mass is 251 g/mol. The first-order valence-electron chi connectivity index (χ1n) is 5.12. The number of thiazole rings is 1. The third kappa shape index (κ3) is 2.72. The predicted molar refractivity (Wildman–Crippen MR) is 64.5 cm³/mol. The Hall–Kier alpha value is -1.66. The Kier molecular flexibility index (Phi) is 3.55. The van der Waals surface area contributed by atoms with Crippen molar-refractivity contribution in [3.63, 3.8) is 0 Å². The van der Waals surface area contributed by atoms with Gasteiger partial charge in [0.25, 0.3) is 5.91 Å².